The number of nitrogens with one attached hydrogen (secondary N) is 1. The van der Waals surface area contributed by atoms with Crippen LogP contribution in [0.5, 0.6) is 5.75 Å². The van der Waals surface area contributed by atoms with Crippen LogP contribution in [-0.4, -0.2) is 50.3 Å². The standard InChI is InChI=1S/C22H26N6O2/c1-17(24-21(29)16-30-19-8-3-2-4-9-19)22-26-25-20-10-12-27(13-14-28(20)22)15-18-7-5-6-11-23-18/h2-9,11,17H,10,12-16H2,1H3,(H,24,29)/t17-/m0/s1. The molecular weight excluding hydrogens is 380 g/mol. The van der Waals surface area contributed by atoms with Gasteiger partial charge >= 0.3 is 0 Å². The Morgan fingerprint density at radius 2 is 1.93 bits per heavy atom. The number of benzene rings is 1. The van der Waals surface area contributed by atoms with E-state index in [1.54, 1.807) is 0 Å². The van der Waals surface area contributed by atoms with Gasteiger partial charge in [-0.05, 0) is 31.2 Å². The van der Waals surface area contributed by atoms with Crippen LogP contribution in [0.15, 0.2) is 54.7 Å². The molecule has 1 aliphatic rings. The number of hydrogen-bond acceptors (Lipinski definition) is 6. The van der Waals surface area contributed by atoms with Gasteiger partial charge in [0.25, 0.3) is 5.91 Å². The molecule has 0 fully saturated rings. The smallest absolute Gasteiger partial charge is 0.258 e. The first kappa shape index (κ1) is 20.0. The lowest BCUT2D eigenvalue weighted by atomic mass is 10.3. The van der Waals surface area contributed by atoms with E-state index in [1.807, 2.05) is 61.7 Å². The van der Waals surface area contributed by atoms with E-state index in [4.69, 9.17) is 4.74 Å². The van der Waals surface area contributed by atoms with Crippen molar-refractivity contribution in [3.63, 3.8) is 0 Å². The molecule has 1 amide bonds. The van der Waals surface area contributed by atoms with Crippen molar-refractivity contribution in [2.24, 2.45) is 0 Å². The van der Waals surface area contributed by atoms with Crippen LogP contribution in [0.25, 0.3) is 0 Å². The summed E-state index contributed by atoms with van der Waals surface area (Å²) in [6.07, 6.45) is 2.64. The van der Waals surface area contributed by atoms with Crippen molar-refractivity contribution in [2.75, 3.05) is 19.7 Å². The average molecular weight is 406 g/mol. The number of nitrogens with zero attached hydrogens (tertiary/aromatic N) is 5. The number of para-hydroxylation sites is 1. The van der Waals surface area contributed by atoms with Gasteiger partial charge in [-0.25, -0.2) is 0 Å². The second-order valence-electron chi connectivity index (χ2n) is 7.36. The molecule has 8 nitrogen and oxygen atoms in total. The Hall–Kier alpha value is -3.26. The first-order valence-electron chi connectivity index (χ1n) is 10.2. The van der Waals surface area contributed by atoms with Crippen molar-refractivity contribution >= 4 is 5.91 Å². The summed E-state index contributed by atoms with van der Waals surface area (Å²) in [4.78, 5) is 19.1. The van der Waals surface area contributed by atoms with Crippen LogP contribution in [0.4, 0.5) is 0 Å². The number of hydrogen-bond donors (Lipinski definition) is 1. The highest BCUT2D eigenvalue weighted by Crippen LogP contribution is 2.16. The molecule has 3 aromatic rings. The zero-order chi connectivity index (χ0) is 20.8. The zero-order valence-corrected chi connectivity index (χ0v) is 17.1. The van der Waals surface area contributed by atoms with Crippen LogP contribution in [0.3, 0.4) is 0 Å². The number of carbonyl (C=O) groups is 1. The Kier molecular flexibility index (Phi) is 6.34. The van der Waals surface area contributed by atoms with E-state index in [-0.39, 0.29) is 18.6 Å². The van der Waals surface area contributed by atoms with Crippen molar-refractivity contribution in [2.45, 2.75) is 32.5 Å². The maximum Gasteiger partial charge on any atom is 0.258 e. The molecule has 1 aromatic carbocycles. The van der Waals surface area contributed by atoms with Crippen molar-refractivity contribution in [3.8, 4) is 5.75 Å². The quantitative estimate of drug-likeness (QED) is 0.646. The van der Waals surface area contributed by atoms with Crippen LogP contribution in [0.2, 0.25) is 0 Å². The van der Waals surface area contributed by atoms with E-state index < -0.39 is 0 Å². The van der Waals surface area contributed by atoms with Gasteiger partial charge < -0.3 is 14.6 Å². The number of amides is 1. The van der Waals surface area contributed by atoms with Crippen LogP contribution in [0.1, 0.15) is 30.3 Å². The molecule has 8 heteroatoms. The molecule has 0 unspecified atom stereocenters. The fourth-order valence-electron chi connectivity index (χ4n) is 3.60. The summed E-state index contributed by atoms with van der Waals surface area (Å²) in [6.45, 7) is 5.27. The highest BCUT2D eigenvalue weighted by molar-refractivity contribution is 5.77. The zero-order valence-electron chi connectivity index (χ0n) is 17.1. The number of pyridine rings is 1. The number of fused-ring (bicyclic) bond motifs is 1. The fraction of sp³-hybridized carbons (Fsp3) is 0.364. The third-order valence-corrected chi connectivity index (χ3v) is 5.14. The molecule has 156 valence electrons. The van der Waals surface area contributed by atoms with Gasteiger partial charge in [0.2, 0.25) is 0 Å². The van der Waals surface area contributed by atoms with E-state index in [0.29, 0.717) is 5.75 Å². The summed E-state index contributed by atoms with van der Waals surface area (Å²) >= 11 is 0. The second-order valence-corrected chi connectivity index (χ2v) is 7.36. The van der Waals surface area contributed by atoms with Crippen molar-refractivity contribution in [3.05, 3.63) is 72.1 Å². The molecule has 1 aliphatic heterocycles. The first-order valence-corrected chi connectivity index (χ1v) is 10.2. The summed E-state index contributed by atoms with van der Waals surface area (Å²) in [5.41, 5.74) is 1.06. The van der Waals surface area contributed by atoms with Gasteiger partial charge in [0.1, 0.15) is 11.6 Å². The Labute approximate surface area is 175 Å². The molecule has 4 rings (SSSR count). The SMILES string of the molecule is C[C@H](NC(=O)COc1ccccc1)c1nnc2n1CCN(Cc1ccccn1)CC2. The highest BCUT2D eigenvalue weighted by Gasteiger charge is 2.23. The molecule has 0 aliphatic carbocycles. The molecule has 1 N–H and O–H groups in total. The number of ether oxygens (including phenoxy) is 1. The molecule has 0 spiro atoms. The van der Waals surface area contributed by atoms with Gasteiger partial charge in [0.15, 0.2) is 12.4 Å². The maximum atomic E-state index is 12.3. The molecule has 0 bridgehead atoms. The lowest BCUT2D eigenvalue weighted by Crippen LogP contribution is -2.33. The summed E-state index contributed by atoms with van der Waals surface area (Å²) in [6, 6.07) is 15.0. The predicted octanol–water partition coefficient (Wildman–Crippen LogP) is 1.99. The van der Waals surface area contributed by atoms with Crippen molar-refractivity contribution in [1.82, 2.24) is 30.0 Å². The Morgan fingerprint density at radius 3 is 2.73 bits per heavy atom. The monoisotopic (exact) mass is 406 g/mol. The third kappa shape index (κ3) is 5.01. The number of aromatic nitrogens is 4. The molecule has 0 saturated carbocycles. The van der Waals surface area contributed by atoms with Gasteiger partial charge in [0, 0.05) is 38.8 Å². The minimum Gasteiger partial charge on any atom is -0.484 e. The van der Waals surface area contributed by atoms with Gasteiger partial charge in [0.05, 0.1) is 11.7 Å². The summed E-state index contributed by atoms with van der Waals surface area (Å²) in [7, 11) is 0. The largest absolute Gasteiger partial charge is 0.484 e. The molecule has 2 aromatic heterocycles. The summed E-state index contributed by atoms with van der Waals surface area (Å²) in [5, 5.41) is 11.7. The Bertz CT molecular complexity index is 960. The van der Waals surface area contributed by atoms with E-state index in [0.717, 1.165) is 49.9 Å². The van der Waals surface area contributed by atoms with E-state index in [9.17, 15) is 4.79 Å². The van der Waals surface area contributed by atoms with Gasteiger partial charge in [-0.15, -0.1) is 10.2 Å². The van der Waals surface area contributed by atoms with E-state index in [2.05, 4.69) is 30.0 Å². The first-order chi connectivity index (χ1) is 14.7. The molecule has 3 heterocycles. The van der Waals surface area contributed by atoms with Crippen LogP contribution in [-0.2, 0) is 24.3 Å². The second kappa shape index (κ2) is 9.49. The molecule has 1 atom stereocenters. The Morgan fingerprint density at radius 1 is 1.10 bits per heavy atom. The van der Waals surface area contributed by atoms with Crippen LogP contribution < -0.4 is 10.1 Å². The van der Waals surface area contributed by atoms with Crippen LogP contribution >= 0.6 is 0 Å². The Balaban J connectivity index is 1.33. The fourth-order valence-corrected chi connectivity index (χ4v) is 3.60. The lowest BCUT2D eigenvalue weighted by molar-refractivity contribution is -0.123. The topological polar surface area (TPSA) is 85.2 Å². The minimum absolute atomic E-state index is 0.0345. The predicted molar refractivity (Wildman–Crippen MR) is 112 cm³/mol. The van der Waals surface area contributed by atoms with Gasteiger partial charge in [-0.2, -0.15) is 0 Å². The average Bonchev–Trinajstić information content (AvgIpc) is 3.08. The summed E-state index contributed by atoms with van der Waals surface area (Å²) in [5.74, 6) is 2.21. The number of carbonyl (C=O) groups excluding carboxylic acids is 1. The molecule has 0 saturated heterocycles. The minimum atomic E-state index is -0.250. The van der Waals surface area contributed by atoms with Gasteiger partial charge in [-0.3, -0.25) is 14.7 Å². The molecule has 0 radical (unpaired) electrons. The molecule has 30 heavy (non-hydrogen) atoms. The summed E-state index contributed by atoms with van der Waals surface area (Å²) < 4.78 is 7.65. The van der Waals surface area contributed by atoms with Crippen LogP contribution in [0, 0.1) is 0 Å². The maximum absolute atomic E-state index is 12.3. The third-order valence-electron chi connectivity index (χ3n) is 5.14. The lowest BCUT2D eigenvalue weighted by Gasteiger charge is -2.19. The number of rotatable bonds is 7. The highest BCUT2D eigenvalue weighted by atomic mass is 16.5. The van der Waals surface area contributed by atoms with Gasteiger partial charge in [-0.1, -0.05) is 24.3 Å². The van der Waals surface area contributed by atoms with E-state index >= 15 is 0 Å². The molecular formula is C22H26N6O2. The normalized spacial score (nSPS) is 15.1. The van der Waals surface area contributed by atoms with Crippen molar-refractivity contribution in [1.29, 1.82) is 0 Å². The van der Waals surface area contributed by atoms with Crippen molar-refractivity contribution < 1.29 is 9.53 Å². The van der Waals surface area contributed by atoms with E-state index in [1.165, 1.54) is 0 Å².